The van der Waals surface area contributed by atoms with E-state index in [4.69, 9.17) is 28.4 Å². The molecule has 2 saturated carbocycles. The van der Waals surface area contributed by atoms with E-state index in [1.807, 2.05) is 65.8 Å². The van der Waals surface area contributed by atoms with Gasteiger partial charge in [0.15, 0.2) is 12.6 Å². The first kappa shape index (κ1) is 35.8. The molecule has 0 spiro atoms. The van der Waals surface area contributed by atoms with E-state index in [9.17, 15) is 9.59 Å². The highest BCUT2D eigenvalue weighted by atomic mass is 16.7. The van der Waals surface area contributed by atoms with E-state index in [2.05, 4.69) is 34.9 Å². The standard InChI is InChI=1S/2C19H27NO4/c2*1-19(2,3)24-18(21)20-16-12-15(16)13-7-9-14(10-8-13)23-17-6-4-5-11-22-17/h2*7-10,15-17H,4-6,11-12H2,1-3H3,(H,20,21)/t2*15-,16+,17?/m10/s1. The zero-order valence-corrected chi connectivity index (χ0v) is 29.4. The zero-order chi connectivity index (χ0) is 34.3. The van der Waals surface area contributed by atoms with Crippen LogP contribution in [0.3, 0.4) is 0 Å². The van der Waals surface area contributed by atoms with E-state index in [0.717, 1.165) is 76.1 Å². The Morgan fingerprint density at radius 3 is 1.29 bits per heavy atom. The highest BCUT2D eigenvalue weighted by molar-refractivity contribution is 5.69. The van der Waals surface area contributed by atoms with E-state index in [-0.39, 0.29) is 36.9 Å². The maximum atomic E-state index is 11.8. The van der Waals surface area contributed by atoms with Crippen molar-refractivity contribution in [3.8, 4) is 11.5 Å². The van der Waals surface area contributed by atoms with Crippen molar-refractivity contribution in [2.24, 2.45) is 0 Å². The Bertz CT molecular complexity index is 1220. The maximum absolute atomic E-state index is 11.8. The smallest absolute Gasteiger partial charge is 0.407 e. The second kappa shape index (κ2) is 15.8. The van der Waals surface area contributed by atoms with Crippen LogP contribution >= 0.6 is 0 Å². The number of hydrogen-bond acceptors (Lipinski definition) is 8. The molecule has 2 amide bonds. The van der Waals surface area contributed by atoms with Gasteiger partial charge in [0.1, 0.15) is 22.7 Å². The molecule has 6 rings (SSSR count). The summed E-state index contributed by atoms with van der Waals surface area (Å²) in [5.41, 5.74) is 1.50. The van der Waals surface area contributed by atoms with Gasteiger partial charge in [0.25, 0.3) is 0 Å². The fourth-order valence-corrected chi connectivity index (χ4v) is 5.86. The summed E-state index contributed by atoms with van der Waals surface area (Å²) in [6.07, 6.45) is 7.42. The molecule has 2 unspecified atom stereocenters. The lowest BCUT2D eigenvalue weighted by Gasteiger charge is -2.23. The third-order valence-corrected chi connectivity index (χ3v) is 8.41. The molecular formula is C38H54N2O8. The summed E-state index contributed by atoms with van der Waals surface area (Å²) in [5.74, 6) is 2.39. The van der Waals surface area contributed by atoms with Crippen molar-refractivity contribution in [3.05, 3.63) is 59.7 Å². The van der Waals surface area contributed by atoms with Crippen LogP contribution in [-0.4, -0.2) is 61.3 Å². The lowest BCUT2D eigenvalue weighted by molar-refractivity contribution is -0.106. The first-order valence-electron chi connectivity index (χ1n) is 17.6. The number of rotatable bonds is 8. The molecule has 2 N–H and O–H groups in total. The topological polar surface area (TPSA) is 114 Å². The quantitative estimate of drug-likeness (QED) is 0.292. The Kier molecular flexibility index (Phi) is 11.8. The molecule has 10 heteroatoms. The third kappa shape index (κ3) is 11.9. The van der Waals surface area contributed by atoms with Crippen LogP contribution in [0.4, 0.5) is 9.59 Å². The molecule has 264 valence electrons. The van der Waals surface area contributed by atoms with E-state index in [1.54, 1.807) is 0 Å². The van der Waals surface area contributed by atoms with Crippen LogP contribution < -0.4 is 20.1 Å². The molecule has 4 fully saturated rings. The Morgan fingerprint density at radius 2 is 0.979 bits per heavy atom. The number of hydrogen-bond donors (Lipinski definition) is 2. The van der Waals surface area contributed by atoms with E-state index < -0.39 is 11.2 Å². The van der Waals surface area contributed by atoms with Crippen LogP contribution in [0, 0.1) is 0 Å². The highest BCUT2D eigenvalue weighted by Gasteiger charge is 2.41. The highest BCUT2D eigenvalue weighted by Crippen LogP contribution is 2.42. The molecule has 0 aromatic heterocycles. The molecule has 2 heterocycles. The molecule has 2 aliphatic heterocycles. The van der Waals surface area contributed by atoms with Crippen LogP contribution in [0.5, 0.6) is 11.5 Å². The summed E-state index contributed by atoms with van der Waals surface area (Å²) in [7, 11) is 0. The van der Waals surface area contributed by atoms with Gasteiger partial charge in [-0.3, -0.25) is 0 Å². The fraction of sp³-hybridized carbons (Fsp3) is 0.632. The van der Waals surface area contributed by atoms with Gasteiger partial charge in [-0.2, -0.15) is 0 Å². The summed E-state index contributed by atoms with van der Waals surface area (Å²) in [6.45, 7) is 12.8. The van der Waals surface area contributed by atoms with Crippen LogP contribution in [0.25, 0.3) is 0 Å². The van der Waals surface area contributed by atoms with Gasteiger partial charge in [0.2, 0.25) is 0 Å². The first-order chi connectivity index (χ1) is 22.8. The van der Waals surface area contributed by atoms with Crippen molar-refractivity contribution in [2.45, 2.75) is 141 Å². The monoisotopic (exact) mass is 666 g/mol. The predicted octanol–water partition coefficient (Wildman–Crippen LogP) is 7.95. The Balaban J connectivity index is 0.000000188. The summed E-state index contributed by atoms with van der Waals surface area (Å²) < 4.78 is 33.5. The van der Waals surface area contributed by atoms with E-state index >= 15 is 0 Å². The van der Waals surface area contributed by atoms with Gasteiger partial charge in [-0.05, 0) is 115 Å². The van der Waals surface area contributed by atoms with Gasteiger partial charge in [0, 0.05) is 36.8 Å². The van der Waals surface area contributed by atoms with Crippen molar-refractivity contribution in [2.75, 3.05) is 13.2 Å². The van der Waals surface area contributed by atoms with Gasteiger partial charge >= 0.3 is 12.2 Å². The molecule has 6 atom stereocenters. The Morgan fingerprint density at radius 1 is 0.604 bits per heavy atom. The number of benzene rings is 2. The Labute approximate surface area is 285 Å². The van der Waals surface area contributed by atoms with Crippen molar-refractivity contribution < 1.29 is 38.0 Å². The van der Waals surface area contributed by atoms with Crippen molar-refractivity contribution in [1.29, 1.82) is 0 Å². The summed E-state index contributed by atoms with van der Waals surface area (Å²) in [4.78, 5) is 23.6. The zero-order valence-electron chi connectivity index (χ0n) is 29.4. The molecule has 2 saturated heterocycles. The van der Waals surface area contributed by atoms with Gasteiger partial charge in [-0.1, -0.05) is 24.3 Å². The summed E-state index contributed by atoms with van der Waals surface area (Å²) in [5, 5.41) is 5.85. The van der Waals surface area contributed by atoms with Gasteiger partial charge < -0.3 is 39.1 Å². The fourth-order valence-electron chi connectivity index (χ4n) is 5.86. The molecule has 0 bridgehead atoms. The molecule has 2 aromatic carbocycles. The first-order valence-corrected chi connectivity index (χ1v) is 17.6. The molecule has 48 heavy (non-hydrogen) atoms. The van der Waals surface area contributed by atoms with Crippen LogP contribution in [0.15, 0.2) is 48.5 Å². The maximum Gasteiger partial charge on any atom is 0.407 e. The average molecular weight is 667 g/mol. The number of carbonyl (C=O) groups is 2. The second-order valence-electron chi connectivity index (χ2n) is 15.2. The van der Waals surface area contributed by atoms with E-state index in [1.165, 1.54) is 11.1 Å². The third-order valence-electron chi connectivity index (χ3n) is 8.41. The van der Waals surface area contributed by atoms with Gasteiger partial charge in [-0.15, -0.1) is 0 Å². The summed E-state index contributed by atoms with van der Waals surface area (Å²) in [6, 6.07) is 16.5. The average Bonchev–Trinajstić information content (AvgIpc) is 3.95. The molecule has 10 nitrogen and oxygen atoms in total. The lowest BCUT2D eigenvalue weighted by atomic mass is 10.1. The molecule has 2 aromatic rings. The van der Waals surface area contributed by atoms with Crippen molar-refractivity contribution >= 4 is 12.2 Å². The SMILES string of the molecule is CC(C)(C)OC(=O)N[C@@H]1C[C@H]1c1ccc(OC2CCCCO2)cc1.CC(C)(C)OC(=O)N[C@H]1C[C@@H]1c1ccc(OC2CCCCO2)cc1. The normalized spacial score (nSPS) is 26.5. The minimum Gasteiger partial charge on any atom is -0.465 e. The van der Waals surface area contributed by atoms with Crippen LogP contribution in [0.1, 0.15) is 116 Å². The minimum absolute atomic E-state index is 0.118. The molecular weight excluding hydrogens is 612 g/mol. The van der Waals surface area contributed by atoms with Crippen LogP contribution in [0.2, 0.25) is 0 Å². The van der Waals surface area contributed by atoms with E-state index in [0.29, 0.717) is 11.8 Å². The number of carbonyl (C=O) groups excluding carboxylic acids is 2. The number of ether oxygens (including phenoxy) is 6. The number of nitrogens with one attached hydrogen (secondary N) is 2. The van der Waals surface area contributed by atoms with Crippen molar-refractivity contribution in [1.82, 2.24) is 10.6 Å². The molecule has 0 radical (unpaired) electrons. The summed E-state index contributed by atoms with van der Waals surface area (Å²) >= 11 is 0. The number of alkyl carbamates (subject to hydrolysis) is 2. The molecule has 4 aliphatic rings. The Hall–Kier alpha value is -3.50. The number of amides is 2. The van der Waals surface area contributed by atoms with Crippen LogP contribution in [-0.2, 0) is 18.9 Å². The van der Waals surface area contributed by atoms with Crippen molar-refractivity contribution in [3.63, 3.8) is 0 Å². The molecule has 2 aliphatic carbocycles. The minimum atomic E-state index is -0.464. The predicted molar refractivity (Wildman–Crippen MR) is 182 cm³/mol. The second-order valence-corrected chi connectivity index (χ2v) is 15.2. The lowest BCUT2D eigenvalue weighted by Crippen LogP contribution is -2.34. The van der Waals surface area contributed by atoms with Gasteiger partial charge in [0.05, 0.1) is 13.2 Å². The largest absolute Gasteiger partial charge is 0.465 e. The van der Waals surface area contributed by atoms with Gasteiger partial charge in [-0.25, -0.2) is 9.59 Å².